The second-order valence-electron chi connectivity index (χ2n) is 12.1. The number of Topliss-reactive ketones (excluding diaryl/α,β-unsaturated/α-hetero) is 1. The summed E-state index contributed by atoms with van der Waals surface area (Å²) >= 11 is 0. The number of carbonyl (C=O) groups excluding carboxylic acids is 4. The van der Waals surface area contributed by atoms with Gasteiger partial charge in [-0.2, -0.15) is 0 Å². The molecule has 0 aromatic heterocycles. The predicted octanol–water partition coefficient (Wildman–Crippen LogP) is 3.29. The lowest BCUT2D eigenvalue weighted by molar-refractivity contribution is -0.120. The van der Waals surface area contributed by atoms with Crippen molar-refractivity contribution in [3.05, 3.63) is 58.5 Å². The Bertz CT molecular complexity index is 1260. The Morgan fingerprint density at radius 2 is 1.77 bits per heavy atom. The number of halogens is 1. The maximum Gasteiger partial charge on any atom is 0.405 e. The molecule has 2 amide bonds. The van der Waals surface area contributed by atoms with E-state index < -0.39 is 53.9 Å². The topological polar surface area (TPSA) is 192 Å². The van der Waals surface area contributed by atoms with Crippen molar-refractivity contribution in [1.29, 1.82) is 0 Å². The van der Waals surface area contributed by atoms with Crippen LogP contribution in [0.1, 0.15) is 66.2 Å². The summed E-state index contributed by atoms with van der Waals surface area (Å²) in [6, 6.07) is 0. The van der Waals surface area contributed by atoms with E-state index in [1.807, 2.05) is 13.8 Å². The number of fused-ring (bicyclic) bond motifs is 2. The number of aliphatic hydroxyl groups is 1. The van der Waals surface area contributed by atoms with Crippen LogP contribution >= 0.6 is 12.4 Å². The summed E-state index contributed by atoms with van der Waals surface area (Å²) in [7, 11) is 2.94. The molecule has 6 atom stereocenters. The zero-order valence-electron chi connectivity index (χ0n) is 28.4. The van der Waals surface area contributed by atoms with Crippen LogP contribution in [0.4, 0.5) is 4.79 Å². The number of amides is 2. The number of unbranched alkanes of at least 4 members (excludes halogenated alkanes) is 3. The van der Waals surface area contributed by atoms with E-state index in [-0.39, 0.29) is 47.3 Å². The smallest absolute Gasteiger partial charge is 0.405 e. The molecule has 7 N–H and O–H groups in total. The van der Waals surface area contributed by atoms with Crippen molar-refractivity contribution in [2.45, 2.75) is 90.6 Å². The van der Waals surface area contributed by atoms with E-state index in [1.165, 1.54) is 20.3 Å². The van der Waals surface area contributed by atoms with Crippen molar-refractivity contribution >= 4 is 36.0 Å². The number of primary amides is 1. The molecule has 2 bridgehead atoms. The molecule has 1 heterocycles. The van der Waals surface area contributed by atoms with E-state index in [0.29, 0.717) is 25.1 Å². The van der Waals surface area contributed by atoms with E-state index in [0.717, 1.165) is 31.8 Å². The summed E-state index contributed by atoms with van der Waals surface area (Å²) in [6.07, 6.45) is 7.54. The first-order valence-corrected chi connectivity index (χ1v) is 15.9. The summed E-state index contributed by atoms with van der Waals surface area (Å²) in [4.78, 5) is 52.0. The summed E-state index contributed by atoms with van der Waals surface area (Å²) < 4.78 is 16.7. The molecule has 0 spiro atoms. The summed E-state index contributed by atoms with van der Waals surface area (Å²) in [6.45, 7) is 8.17. The molecule has 0 saturated carbocycles. The van der Waals surface area contributed by atoms with E-state index in [9.17, 15) is 24.3 Å². The summed E-state index contributed by atoms with van der Waals surface area (Å²) in [5.41, 5.74) is 12.2. The van der Waals surface area contributed by atoms with Crippen LogP contribution in [0.25, 0.3) is 0 Å². The molecule has 1 aliphatic heterocycles. The van der Waals surface area contributed by atoms with Crippen molar-refractivity contribution in [3.63, 3.8) is 0 Å². The molecule has 2 aliphatic rings. The van der Waals surface area contributed by atoms with Crippen molar-refractivity contribution in [2.24, 2.45) is 23.3 Å². The van der Waals surface area contributed by atoms with Crippen molar-refractivity contribution < 1.29 is 38.5 Å². The maximum atomic E-state index is 13.8. The predicted molar refractivity (Wildman–Crippen MR) is 182 cm³/mol. The van der Waals surface area contributed by atoms with Crippen LogP contribution in [-0.4, -0.2) is 80.4 Å². The molecule has 47 heavy (non-hydrogen) atoms. The minimum Gasteiger partial charge on any atom is -0.439 e. The molecular formula is C34H53ClN4O8. The minimum atomic E-state index is -0.997. The van der Waals surface area contributed by atoms with Gasteiger partial charge in [0.25, 0.3) is 5.91 Å². The van der Waals surface area contributed by atoms with Crippen molar-refractivity contribution in [3.8, 4) is 0 Å². The van der Waals surface area contributed by atoms with E-state index in [4.69, 9.17) is 25.7 Å². The minimum absolute atomic E-state index is 0. The molecule has 6 unspecified atom stereocenters. The van der Waals surface area contributed by atoms with E-state index in [2.05, 4.69) is 10.6 Å². The number of rotatable bonds is 10. The molecule has 0 aromatic rings. The van der Waals surface area contributed by atoms with Gasteiger partial charge in [-0.15, -0.1) is 12.4 Å². The number of nitrogens with one attached hydrogen (secondary N) is 2. The number of carbonyl (C=O) groups is 4. The molecule has 0 fully saturated rings. The van der Waals surface area contributed by atoms with Gasteiger partial charge in [0, 0.05) is 43.9 Å². The highest BCUT2D eigenvalue weighted by molar-refractivity contribution is 6.23. The molecular weight excluding hydrogens is 628 g/mol. The lowest BCUT2D eigenvalue weighted by Gasteiger charge is -2.30. The Morgan fingerprint density at radius 3 is 2.38 bits per heavy atom. The summed E-state index contributed by atoms with van der Waals surface area (Å²) in [5, 5.41) is 17.1. The molecule has 13 heteroatoms. The Kier molecular flexibility index (Phi) is 18.5. The van der Waals surface area contributed by atoms with Crippen LogP contribution in [0.15, 0.2) is 58.5 Å². The Hall–Kier alpha value is -3.29. The fraction of sp³-hybridized carbons (Fsp3) is 0.588. The van der Waals surface area contributed by atoms with Gasteiger partial charge in [0.1, 0.15) is 6.10 Å². The Morgan fingerprint density at radius 1 is 1.09 bits per heavy atom. The number of ketones is 2. The van der Waals surface area contributed by atoms with Gasteiger partial charge < -0.3 is 41.4 Å². The normalized spacial score (nSPS) is 26.5. The zero-order chi connectivity index (χ0) is 34.4. The summed E-state index contributed by atoms with van der Waals surface area (Å²) in [5.74, 6) is -2.04. The molecule has 12 nitrogen and oxygen atoms in total. The second-order valence-corrected chi connectivity index (χ2v) is 12.1. The van der Waals surface area contributed by atoms with Gasteiger partial charge >= 0.3 is 6.09 Å². The van der Waals surface area contributed by atoms with E-state index >= 15 is 0 Å². The van der Waals surface area contributed by atoms with Crippen molar-refractivity contribution in [2.75, 3.05) is 27.3 Å². The Labute approximate surface area is 284 Å². The lowest BCUT2D eigenvalue weighted by atomic mass is 9.85. The number of aliphatic hydroxyl groups excluding tert-OH is 1. The van der Waals surface area contributed by atoms with Crippen molar-refractivity contribution in [1.82, 2.24) is 10.6 Å². The third kappa shape index (κ3) is 12.7. The fourth-order valence-electron chi connectivity index (χ4n) is 5.61. The zero-order valence-corrected chi connectivity index (χ0v) is 29.2. The third-order valence-electron chi connectivity index (χ3n) is 8.23. The molecule has 1 aliphatic carbocycles. The number of hydrogen-bond donors (Lipinski definition) is 5. The quantitative estimate of drug-likeness (QED) is 0.130. The van der Waals surface area contributed by atoms with Gasteiger partial charge in [-0.1, -0.05) is 51.0 Å². The van der Waals surface area contributed by atoms with Gasteiger partial charge in [0.15, 0.2) is 6.10 Å². The van der Waals surface area contributed by atoms with Gasteiger partial charge in [-0.05, 0) is 57.6 Å². The van der Waals surface area contributed by atoms with E-state index in [1.54, 1.807) is 32.1 Å². The van der Waals surface area contributed by atoms with Crippen LogP contribution in [0.3, 0.4) is 0 Å². The average Bonchev–Trinajstić information content (AvgIpc) is 3.01. The Balaban J connectivity index is 0.0000110. The number of hydrogen-bond acceptors (Lipinski definition) is 10. The third-order valence-corrected chi connectivity index (χ3v) is 8.23. The lowest BCUT2D eigenvalue weighted by Crippen LogP contribution is -2.38. The highest BCUT2D eigenvalue weighted by atomic mass is 35.5. The first-order chi connectivity index (χ1) is 21.8. The van der Waals surface area contributed by atoms with Crippen LogP contribution < -0.4 is 22.1 Å². The number of nitrogens with two attached hydrogens (primary N) is 2. The highest BCUT2D eigenvalue weighted by Gasteiger charge is 2.33. The standard InChI is InChI=1S/C34H52N4O8.ClH/c1-20-16-24-29(37-15-10-8-7-9-14-35)26(39)19-25(31(24)41)38-33(42)21(2)12-11-13-27(44-5)32(46-34(36)43)23(4)18-22(3)30(40)28(17-20)45-6;/h11-13,18-20,22,27-28,30,32,37,40H,7-10,14-17,35H2,1-6H3,(H2,36,43)(H,38,42);1H. The van der Waals surface area contributed by atoms with Crippen LogP contribution in [0.2, 0.25) is 0 Å². The maximum absolute atomic E-state index is 13.8. The average molecular weight is 681 g/mol. The van der Waals surface area contributed by atoms with Gasteiger partial charge in [0.05, 0.1) is 23.6 Å². The molecule has 0 radical (unpaired) electrons. The number of ether oxygens (including phenoxy) is 3. The first kappa shape index (κ1) is 41.7. The number of allylic oxidation sites excluding steroid dienone is 4. The molecule has 264 valence electrons. The molecule has 2 rings (SSSR count). The van der Waals surface area contributed by atoms with Gasteiger partial charge in [-0.3, -0.25) is 14.4 Å². The highest BCUT2D eigenvalue weighted by Crippen LogP contribution is 2.29. The second kappa shape index (κ2) is 20.8. The van der Waals surface area contributed by atoms with Crippen LogP contribution in [0, 0.1) is 11.8 Å². The fourth-order valence-corrected chi connectivity index (χ4v) is 5.61. The molecule has 0 saturated heterocycles. The number of methoxy groups -OCH3 is 2. The van der Waals surface area contributed by atoms with Crippen LogP contribution in [-0.2, 0) is 28.6 Å². The monoisotopic (exact) mass is 680 g/mol. The molecule has 0 aromatic carbocycles. The van der Waals surface area contributed by atoms with Gasteiger partial charge in [0.2, 0.25) is 11.6 Å². The van der Waals surface area contributed by atoms with Gasteiger partial charge in [-0.25, -0.2) is 4.79 Å². The first-order valence-electron chi connectivity index (χ1n) is 15.9. The van der Waals surface area contributed by atoms with Crippen LogP contribution in [0.5, 0.6) is 0 Å². The largest absolute Gasteiger partial charge is 0.439 e. The SMILES string of the molecule is COC1C=CC=C(C)C(=O)NC2=CC(=O)C(NCCCCCCN)=C(CC(C)CC(OC)C(O)C(C)C=C(C)C1OC(N)=O)C2=O.Cl.